The summed E-state index contributed by atoms with van der Waals surface area (Å²) in [5.74, 6) is 0. The van der Waals surface area contributed by atoms with Crippen molar-refractivity contribution < 1.29 is 21.1 Å². The Labute approximate surface area is 257 Å². The molecule has 5 nitrogen and oxygen atoms in total. The molecule has 2 heterocycles. The van der Waals surface area contributed by atoms with Crippen molar-refractivity contribution >= 4 is 49.6 Å². The first-order valence-corrected chi connectivity index (χ1v) is 13.5. The van der Waals surface area contributed by atoms with Gasteiger partial charge in [0.1, 0.15) is 0 Å². The minimum Gasteiger partial charge on any atom is -0.358 e. The fourth-order valence-electron chi connectivity index (χ4n) is 5.32. The molecule has 0 radical (unpaired) electrons. The van der Waals surface area contributed by atoms with Crippen molar-refractivity contribution in [2.24, 2.45) is 0 Å². The quantitative estimate of drug-likeness (QED) is 0.167. The molecule has 0 N–H and O–H groups in total. The molecule has 0 saturated carbocycles. The van der Waals surface area contributed by atoms with Crippen LogP contribution in [0.1, 0.15) is 0 Å². The average molecular weight is 721 g/mol. The van der Waals surface area contributed by atoms with Crippen molar-refractivity contribution in [1.29, 1.82) is 0 Å². The van der Waals surface area contributed by atoms with Gasteiger partial charge in [-0.3, -0.25) is 9.36 Å². The van der Waals surface area contributed by atoms with Gasteiger partial charge in [-0.2, -0.15) is 22.3 Å². The topological polar surface area (TPSA) is 38.9 Å². The van der Waals surface area contributed by atoms with Crippen LogP contribution >= 0.6 is 0 Å². The maximum Gasteiger partial charge on any atom is 2.00 e. The zero-order chi connectivity index (χ0) is 27.2. The largest absolute Gasteiger partial charge is 2.00 e. The SMILES string of the molecule is [Pt+2].[c-]1c(N(c2[c-]c(-n3cc4ccccc4n3)ccc2)c2ccc3ccccc3c2)cccc1-n1cc2ccccc2n1. The summed E-state index contributed by atoms with van der Waals surface area (Å²) >= 11 is 0. The zero-order valence-corrected chi connectivity index (χ0v) is 24.6. The summed E-state index contributed by atoms with van der Waals surface area (Å²) in [6, 6.07) is 50.8. The third-order valence-electron chi connectivity index (χ3n) is 7.32. The Kier molecular flexibility index (Phi) is 6.65. The molecule has 202 valence electrons. The Balaban J connectivity index is 0.00000288. The molecule has 8 aromatic rings. The predicted octanol–water partition coefficient (Wildman–Crippen LogP) is 8.59. The summed E-state index contributed by atoms with van der Waals surface area (Å²) in [6.07, 6.45) is 4.08. The second kappa shape index (κ2) is 10.8. The third-order valence-corrected chi connectivity index (χ3v) is 7.32. The van der Waals surface area contributed by atoms with Crippen LogP contribution in [0.3, 0.4) is 0 Å². The summed E-state index contributed by atoms with van der Waals surface area (Å²) in [5, 5.41) is 14.1. The van der Waals surface area contributed by atoms with E-state index < -0.39 is 0 Å². The molecule has 0 unspecified atom stereocenters. The van der Waals surface area contributed by atoms with Crippen molar-refractivity contribution in [2.75, 3.05) is 4.90 Å². The summed E-state index contributed by atoms with van der Waals surface area (Å²) in [4.78, 5) is 2.19. The Morgan fingerprint density at radius 3 is 1.52 bits per heavy atom. The third kappa shape index (κ3) is 4.68. The second-order valence-electron chi connectivity index (χ2n) is 9.97. The molecular formula is C36H23N5Pt. The molecule has 8 rings (SSSR count). The van der Waals surface area contributed by atoms with Gasteiger partial charge in [0.15, 0.2) is 0 Å². The number of nitrogens with zero attached hydrogens (tertiary/aromatic N) is 5. The molecule has 0 aliphatic heterocycles. The van der Waals surface area contributed by atoms with Crippen molar-refractivity contribution in [3.8, 4) is 11.4 Å². The number of anilines is 3. The van der Waals surface area contributed by atoms with E-state index >= 15 is 0 Å². The van der Waals surface area contributed by atoms with Gasteiger partial charge in [0.25, 0.3) is 0 Å². The van der Waals surface area contributed by atoms with Gasteiger partial charge in [-0.05, 0) is 46.4 Å². The van der Waals surface area contributed by atoms with Crippen LogP contribution in [0.25, 0.3) is 44.0 Å². The molecule has 42 heavy (non-hydrogen) atoms. The molecule has 0 bridgehead atoms. The molecule has 0 fully saturated rings. The Morgan fingerprint density at radius 1 is 0.476 bits per heavy atom. The first-order valence-electron chi connectivity index (χ1n) is 13.5. The fourth-order valence-corrected chi connectivity index (χ4v) is 5.32. The maximum absolute atomic E-state index is 4.79. The minimum absolute atomic E-state index is 0. The normalized spacial score (nSPS) is 11.1. The first-order chi connectivity index (χ1) is 20.3. The second-order valence-corrected chi connectivity index (χ2v) is 9.97. The van der Waals surface area contributed by atoms with Gasteiger partial charge in [0.05, 0.1) is 11.0 Å². The van der Waals surface area contributed by atoms with Gasteiger partial charge >= 0.3 is 21.1 Å². The molecule has 2 aromatic heterocycles. The molecule has 6 aromatic carbocycles. The predicted molar refractivity (Wildman–Crippen MR) is 166 cm³/mol. The molecule has 6 heteroatoms. The number of rotatable bonds is 5. The van der Waals surface area contributed by atoms with E-state index in [-0.39, 0.29) is 21.1 Å². The summed E-state index contributed by atoms with van der Waals surface area (Å²) in [7, 11) is 0. The van der Waals surface area contributed by atoms with Crippen molar-refractivity contribution in [2.45, 2.75) is 0 Å². The van der Waals surface area contributed by atoms with Crippen LogP contribution < -0.4 is 4.90 Å². The van der Waals surface area contributed by atoms with Crippen molar-refractivity contribution in [3.63, 3.8) is 0 Å². The fraction of sp³-hybridized carbons (Fsp3) is 0. The van der Waals surface area contributed by atoms with Gasteiger partial charge < -0.3 is 4.90 Å². The molecule has 0 aliphatic carbocycles. The summed E-state index contributed by atoms with van der Waals surface area (Å²) < 4.78 is 3.78. The van der Waals surface area contributed by atoms with E-state index in [1.54, 1.807) is 0 Å². The Morgan fingerprint density at radius 2 is 0.976 bits per heavy atom. The van der Waals surface area contributed by atoms with Gasteiger partial charge in [0.2, 0.25) is 0 Å². The summed E-state index contributed by atoms with van der Waals surface area (Å²) in [6.45, 7) is 0. The van der Waals surface area contributed by atoms with E-state index in [4.69, 9.17) is 10.2 Å². The number of fused-ring (bicyclic) bond motifs is 3. The number of benzene rings is 6. The van der Waals surface area contributed by atoms with Gasteiger partial charge in [-0.15, -0.1) is 36.4 Å². The molecule has 0 amide bonds. The maximum atomic E-state index is 4.79. The van der Waals surface area contributed by atoms with Crippen LogP contribution in [0.5, 0.6) is 0 Å². The van der Waals surface area contributed by atoms with E-state index in [1.807, 2.05) is 82.4 Å². The van der Waals surface area contributed by atoms with Gasteiger partial charge in [0, 0.05) is 28.9 Å². The first kappa shape index (κ1) is 25.9. The standard InChI is InChI=1S/C36H23N5.Pt/c1-2-10-27-21-34(20-19-26(27)9-1)41(32-15-7-13-30(22-32)39-24-28-11-3-5-17-35(28)37-39)33-16-8-14-31(23-33)40-25-29-12-4-6-18-36(29)38-40;/h1-21,24-25H;/q-2;+2. The van der Waals surface area contributed by atoms with Crippen LogP contribution in [-0.4, -0.2) is 19.6 Å². The van der Waals surface area contributed by atoms with Crippen molar-refractivity contribution in [3.05, 3.63) is 152 Å². The van der Waals surface area contributed by atoms with Crippen LogP contribution in [0.4, 0.5) is 17.1 Å². The van der Waals surface area contributed by atoms with Gasteiger partial charge in [-0.25, -0.2) is 0 Å². The number of hydrogen-bond donors (Lipinski definition) is 0. The van der Waals surface area contributed by atoms with Crippen molar-refractivity contribution in [1.82, 2.24) is 19.6 Å². The molecule has 0 saturated heterocycles. The van der Waals surface area contributed by atoms with Crippen LogP contribution in [-0.2, 0) is 21.1 Å². The minimum atomic E-state index is 0. The smallest absolute Gasteiger partial charge is 0.358 e. The molecule has 0 spiro atoms. The average Bonchev–Trinajstić information content (AvgIpc) is 3.67. The zero-order valence-electron chi connectivity index (χ0n) is 22.3. The Hall–Kier alpha value is -4.99. The Bertz CT molecular complexity index is 2010. The van der Waals surface area contributed by atoms with E-state index in [0.717, 1.165) is 50.2 Å². The number of hydrogen-bond acceptors (Lipinski definition) is 3. The summed E-state index contributed by atoms with van der Waals surface area (Å²) in [5.41, 5.74) is 6.41. The van der Waals surface area contributed by atoms with E-state index in [9.17, 15) is 0 Å². The molecular weight excluding hydrogens is 698 g/mol. The molecule has 0 atom stereocenters. The van der Waals surface area contributed by atoms with Crippen LogP contribution in [0, 0.1) is 12.1 Å². The van der Waals surface area contributed by atoms with Gasteiger partial charge in [-0.1, -0.05) is 78.1 Å². The van der Waals surface area contributed by atoms with E-state index in [2.05, 4.69) is 83.8 Å². The monoisotopic (exact) mass is 720 g/mol. The van der Waals surface area contributed by atoms with E-state index in [0.29, 0.717) is 0 Å². The number of aromatic nitrogens is 4. The van der Waals surface area contributed by atoms with Crippen LogP contribution in [0.2, 0.25) is 0 Å². The molecule has 0 aliphatic rings. The van der Waals surface area contributed by atoms with Crippen LogP contribution in [0.15, 0.2) is 140 Å². The van der Waals surface area contributed by atoms with E-state index in [1.165, 1.54) is 10.8 Å².